The Hall–Kier alpha value is -0.660. The van der Waals surface area contributed by atoms with Gasteiger partial charge in [0.25, 0.3) is 10.2 Å². The van der Waals surface area contributed by atoms with Crippen molar-refractivity contribution in [3.05, 3.63) is 0 Å². The molecule has 0 saturated heterocycles. The Labute approximate surface area is 109 Å². The van der Waals surface area contributed by atoms with Gasteiger partial charge in [0.1, 0.15) is 0 Å². The van der Waals surface area contributed by atoms with Crippen LogP contribution in [0.3, 0.4) is 0 Å². The summed E-state index contributed by atoms with van der Waals surface area (Å²) in [6.07, 6.45) is 3.65. The highest BCUT2D eigenvalue weighted by molar-refractivity contribution is 7.87. The van der Waals surface area contributed by atoms with Crippen molar-refractivity contribution < 1.29 is 18.3 Å². The van der Waals surface area contributed by atoms with Gasteiger partial charge in [-0.05, 0) is 19.3 Å². The van der Waals surface area contributed by atoms with Gasteiger partial charge in [-0.1, -0.05) is 19.8 Å². The molecule has 0 heterocycles. The zero-order chi connectivity index (χ0) is 13.8. The van der Waals surface area contributed by atoms with Crippen LogP contribution in [0.4, 0.5) is 0 Å². The van der Waals surface area contributed by atoms with Gasteiger partial charge in [-0.3, -0.25) is 4.79 Å². The quantitative estimate of drug-likeness (QED) is 0.688. The molecular weight excluding hydrogens is 256 g/mol. The molecule has 2 N–H and O–H groups in total. The summed E-state index contributed by atoms with van der Waals surface area (Å²) in [6.45, 7) is 2.43. The minimum Gasteiger partial charge on any atom is -0.481 e. The van der Waals surface area contributed by atoms with Crippen LogP contribution in [0.2, 0.25) is 0 Å². The molecule has 0 aromatic heterocycles. The summed E-state index contributed by atoms with van der Waals surface area (Å²) < 4.78 is 27.4. The Bertz CT molecular complexity index is 390. The van der Waals surface area contributed by atoms with Crippen molar-refractivity contribution in [2.24, 2.45) is 5.41 Å². The fraction of sp³-hybridized carbons (Fsp3) is 0.909. The number of nitrogens with one attached hydrogen (secondary N) is 1. The summed E-state index contributed by atoms with van der Waals surface area (Å²) in [5, 5.41) is 9.11. The second-order valence-electron chi connectivity index (χ2n) is 4.94. The van der Waals surface area contributed by atoms with Crippen molar-refractivity contribution in [1.29, 1.82) is 0 Å². The van der Waals surface area contributed by atoms with Crippen LogP contribution in [0.25, 0.3) is 0 Å². The Kier molecular flexibility index (Phi) is 5.12. The van der Waals surface area contributed by atoms with Crippen molar-refractivity contribution in [3.8, 4) is 0 Å². The van der Waals surface area contributed by atoms with Crippen LogP contribution in [0, 0.1) is 5.41 Å². The molecule has 1 fully saturated rings. The maximum absolute atomic E-state index is 11.9. The lowest BCUT2D eigenvalue weighted by molar-refractivity contribution is -0.153. The third-order valence-electron chi connectivity index (χ3n) is 3.59. The van der Waals surface area contributed by atoms with Crippen LogP contribution >= 0.6 is 0 Å². The summed E-state index contributed by atoms with van der Waals surface area (Å²) in [4.78, 5) is 11.1. The van der Waals surface area contributed by atoms with Crippen LogP contribution in [0.15, 0.2) is 0 Å². The average Bonchev–Trinajstić information content (AvgIpc) is 2.23. The summed E-state index contributed by atoms with van der Waals surface area (Å²) in [5.74, 6) is -0.910. The number of nitrogens with zero attached hydrogens (tertiary/aromatic N) is 1. The topological polar surface area (TPSA) is 86.7 Å². The van der Waals surface area contributed by atoms with Crippen LogP contribution in [-0.4, -0.2) is 43.9 Å². The second kappa shape index (κ2) is 5.99. The molecule has 0 bridgehead atoms. The fourth-order valence-corrected chi connectivity index (χ4v) is 2.96. The van der Waals surface area contributed by atoms with Crippen molar-refractivity contribution in [3.63, 3.8) is 0 Å². The first-order valence-corrected chi connectivity index (χ1v) is 7.72. The lowest BCUT2D eigenvalue weighted by Gasteiger charge is -2.37. The lowest BCUT2D eigenvalue weighted by atomic mass is 9.69. The summed E-state index contributed by atoms with van der Waals surface area (Å²) >= 11 is 0. The van der Waals surface area contributed by atoms with Crippen LogP contribution in [-0.2, 0) is 15.0 Å². The highest BCUT2D eigenvalue weighted by Gasteiger charge is 2.45. The van der Waals surface area contributed by atoms with Gasteiger partial charge in [0.05, 0.1) is 5.41 Å². The number of aliphatic carboxylic acids is 1. The van der Waals surface area contributed by atoms with E-state index in [0.29, 0.717) is 19.4 Å². The molecule has 7 heteroatoms. The van der Waals surface area contributed by atoms with E-state index in [-0.39, 0.29) is 6.54 Å². The van der Waals surface area contributed by atoms with Crippen molar-refractivity contribution in [1.82, 2.24) is 9.03 Å². The molecule has 0 unspecified atom stereocenters. The third-order valence-corrected chi connectivity index (χ3v) is 5.11. The highest BCUT2D eigenvalue weighted by Crippen LogP contribution is 2.40. The molecule has 0 atom stereocenters. The summed E-state index contributed by atoms with van der Waals surface area (Å²) in [6, 6.07) is 0. The monoisotopic (exact) mass is 278 g/mol. The van der Waals surface area contributed by atoms with Gasteiger partial charge in [0.15, 0.2) is 0 Å². The number of carbonyl (C=O) groups is 1. The lowest BCUT2D eigenvalue weighted by Crippen LogP contribution is -2.50. The molecule has 1 saturated carbocycles. The second-order valence-corrected chi connectivity index (χ2v) is 6.80. The third kappa shape index (κ3) is 3.43. The van der Waals surface area contributed by atoms with E-state index in [0.717, 1.165) is 19.3 Å². The molecule has 0 aromatic carbocycles. The predicted octanol–water partition coefficient (Wildman–Crippen LogP) is 0.808. The first kappa shape index (κ1) is 15.4. The summed E-state index contributed by atoms with van der Waals surface area (Å²) in [7, 11) is -2.05. The molecular formula is C11H22N2O4S. The molecule has 0 spiro atoms. The molecule has 0 amide bonds. The fourth-order valence-electron chi connectivity index (χ4n) is 1.91. The van der Waals surface area contributed by atoms with Gasteiger partial charge in [-0.15, -0.1) is 0 Å². The number of unbranched alkanes of at least 4 members (excludes halogenated alkanes) is 1. The van der Waals surface area contributed by atoms with E-state index in [9.17, 15) is 13.2 Å². The first-order chi connectivity index (χ1) is 8.34. The zero-order valence-electron chi connectivity index (χ0n) is 11.0. The molecule has 0 radical (unpaired) electrons. The van der Waals surface area contributed by atoms with Crippen molar-refractivity contribution in [2.75, 3.05) is 20.1 Å². The van der Waals surface area contributed by atoms with Gasteiger partial charge in [0.2, 0.25) is 0 Å². The van der Waals surface area contributed by atoms with E-state index in [2.05, 4.69) is 4.72 Å². The van der Waals surface area contributed by atoms with E-state index in [4.69, 9.17) is 5.11 Å². The van der Waals surface area contributed by atoms with Gasteiger partial charge >= 0.3 is 5.97 Å². The minimum atomic E-state index is -3.56. The van der Waals surface area contributed by atoms with Gasteiger partial charge in [-0.2, -0.15) is 12.7 Å². The highest BCUT2D eigenvalue weighted by atomic mass is 32.2. The first-order valence-electron chi connectivity index (χ1n) is 6.28. The molecule has 1 rings (SSSR count). The molecule has 6 nitrogen and oxygen atoms in total. The molecule has 1 aliphatic carbocycles. The predicted molar refractivity (Wildman–Crippen MR) is 68.4 cm³/mol. The Balaban J connectivity index is 2.53. The number of rotatable bonds is 8. The van der Waals surface area contributed by atoms with E-state index in [1.807, 2.05) is 6.92 Å². The van der Waals surface area contributed by atoms with Crippen LogP contribution in [0.5, 0.6) is 0 Å². The van der Waals surface area contributed by atoms with Gasteiger partial charge < -0.3 is 5.11 Å². The average molecular weight is 278 g/mol. The molecule has 0 aromatic rings. The number of hydrogen-bond donors (Lipinski definition) is 2. The molecule has 1 aliphatic rings. The van der Waals surface area contributed by atoms with Crippen molar-refractivity contribution >= 4 is 16.2 Å². The maximum atomic E-state index is 11.9. The number of carboxylic acids is 1. The van der Waals surface area contributed by atoms with Gasteiger partial charge in [0, 0.05) is 20.1 Å². The largest absolute Gasteiger partial charge is 0.481 e. The Morgan fingerprint density at radius 1 is 1.44 bits per heavy atom. The summed E-state index contributed by atoms with van der Waals surface area (Å²) in [5.41, 5.74) is -0.890. The van der Waals surface area contributed by atoms with Crippen LogP contribution in [0.1, 0.15) is 39.0 Å². The number of carboxylic acid groups (broad SMARTS) is 1. The Morgan fingerprint density at radius 2 is 2.06 bits per heavy atom. The van der Waals surface area contributed by atoms with E-state index < -0.39 is 21.6 Å². The van der Waals surface area contributed by atoms with E-state index >= 15 is 0 Å². The SMILES string of the molecule is CCCCN(C)S(=O)(=O)NCC1(C(=O)O)CCC1. The Morgan fingerprint density at radius 3 is 2.44 bits per heavy atom. The van der Waals surface area contributed by atoms with E-state index in [1.54, 1.807) is 0 Å². The molecule has 0 aliphatic heterocycles. The standard InChI is InChI=1S/C11H22N2O4S/c1-3-4-8-13(2)18(16,17)12-9-11(10(14)15)6-5-7-11/h12H,3-9H2,1-2H3,(H,14,15). The zero-order valence-corrected chi connectivity index (χ0v) is 11.8. The van der Waals surface area contributed by atoms with Gasteiger partial charge in [-0.25, -0.2) is 4.72 Å². The smallest absolute Gasteiger partial charge is 0.310 e. The van der Waals surface area contributed by atoms with E-state index in [1.165, 1.54) is 11.4 Å². The van der Waals surface area contributed by atoms with Crippen molar-refractivity contribution in [2.45, 2.75) is 39.0 Å². The maximum Gasteiger partial charge on any atom is 0.310 e. The normalized spacial score (nSPS) is 18.6. The van der Waals surface area contributed by atoms with Crippen LogP contribution < -0.4 is 4.72 Å². The molecule has 106 valence electrons. The molecule has 18 heavy (non-hydrogen) atoms. The number of hydrogen-bond acceptors (Lipinski definition) is 3. The minimum absolute atomic E-state index is 0.0128.